The minimum atomic E-state index is -0.515. The van der Waals surface area contributed by atoms with Gasteiger partial charge in [-0.1, -0.05) is 53.7 Å². The number of aromatic nitrogens is 3. The lowest BCUT2D eigenvalue weighted by molar-refractivity contribution is 0.204. The number of nitrogens with zero attached hydrogens (tertiary/aromatic N) is 3. The van der Waals surface area contributed by atoms with Gasteiger partial charge in [0.2, 0.25) is 0 Å². The van der Waals surface area contributed by atoms with Crippen LogP contribution in [0.4, 0.5) is 4.39 Å². The summed E-state index contributed by atoms with van der Waals surface area (Å²) >= 11 is 7.43. The third-order valence-corrected chi connectivity index (χ3v) is 5.72. The molecule has 0 aliphatic rings. The smallest absolute Gasteiger partial charge is 0.196 e. The maximum Gasteiger partial charge on any atom is 0.196 e. The highest BCUT2D eigenvalue weighted by Crippen LogP contribution is 2.29. The zero-order valence-corrected chi connectivity index (χ0v) is 18.9. The van der Waals surface area contributed by atoms with Crippen molar-refractivity contribution in [2.24, 2.45) is 0 Å². The zero-order chi connectivity index (χ0) is 22.3. The second kappa shape index (κ2) is 10.5. The van der Waals surface area contributed by atoms with E-state index < -0.39 is 11.9 Å². The molecule has 0 aliphatic carbocycles. The van der Waals surface area contributed by atoms with Crippen LogP contribution in [0.3, 0.4) is 0 Å². The topological polar surface area (TPSA) is 49.2 Å². The molecule has 0 aliphatic heterocycles. The van der Waals surface area contributed by atoms with Crippen LogP contribution in [-0.4, -0.2) is 27.1 Å². The number of rotatable bonds is 9. The van der Waals surface area contributed by atoms with Gasteiger partial charge >= 0.3 is 0 Å². The Morgan fingerprint density at radius 3 is 2.44 bits per heavy atom. The quantitative estimate of drug-likeness (QED) is 0.210. The molecule has 164 valence electrons. The number of halogens is 2. The highest BCUT2D eigenvalue weighted by Gasteiger charge is 2.21. The number of benzene rings is 3. The maximum atomic E-state index is 14.1. The summed E-state index contributed by atoms with van der Waals surface area (Å²) < 4.78 is 27.6. The van der Waals surface area contributed by atoms with E-state index in [0.29, 0.717) is 28.4 Å². The van der Waals surface area contributed by atoms with Crippen molar-refractivity contribution < 1.29 is 13.9 Å². The fourth-order valence-corrected chi connectivity index (χ4v) is 3.97. The highest BCUT2D eigenvalue weighted by molar-refractivity contribution is 7.99. The number of ether oxygens (including phenoxy) is 2. The molecule has 32 heavy (non-hydrogen) atoms. The summed E-state index contributed by atoms with van der Waals surface area (Å²) in [6.07, 6.45) is -0.515. The Bertz CT molecular complexity index is 1160. The minimum absolute atomic E-state index is 0.174. The Morgan fingerprint density at radius 2 is 1.69 bits per heavy atom. The highest BCUT2D eigenvalue weighted by atomic mass is 35.5. The molecule has 1 aromatic heterocycles. The summed E-state index contributed by atoms with van der Waals surface area (Å²) in [7, 11) is 0. The monoisotopic (exact) mass is 469 g/mol. The van der Waals surface area contributed by atoms with Crippen molar-refractivity contribution >= 4 is 23.4 Å². The normalized spacial score (nSPS) is 11.8. The van der Waals surface area contributed by atoms with E-state index in [1.165, 1.54) is 17.8 Å². The predicted molar refractivity (Wildman–Crippen MR) is 124 cm³/mol. The van der Waals surface area contributed by atoms with Gasteiger partial charge in [-0.2, -0.15) is 0 Å². The largest absolute Gasteiger partial charge is 0.493 e. The number of hydrogen-bond donors (Lipinski definition) is 0. The molecule has 0 amide bonds. The standard InChI is InChI=1S/C24H21ClFN3O2S/c1-17(31-22-10-6-5-9-21(22)26)23-27-28-24(29(23)19-7-3-2-4-8-19)32-16-15-30-20-13-11-18(25)12-14-20/h2-14,17H,15-16H2,1H3. The minimum Gasteiger partial charge on any atom is -0.493 e. The average molecular weight is 470 g/mol. The third-order valence-electron chi connectivity index (χ3n) is 4.57. The fraction of sp³-hybridized carbons (Fsp3) is 0.167. The molecule has 5 nitrogen and oxygen atoms in total. The summed E-state index contributed by atoms with van der Waals surface area (Å²) in [6, 6.07) is 23.3. The SMILES string of the molecule is CC(Oc1ccccc1F)c1nnc(SCCOc2ccc(Cl)cc2)n1-c1ccccc1. The first-order valence-corrected chi connectivity index (χ1v) is 11.4. The molecule has 1 atom stereocenters. The lowest BCUT2D eigenvalue weighted by Crippen LogP contribution is -2.12. The van der Waals surface area contributed by atoms with Gasteiger partial charge < -0.3 is 9.47 Å². The van der Waals surface area contributed by atoms with Gasteiger partial charge in [0.25, 0.3) is 0 Å². The second-order valence-corrected chi connectivity index (χ2v) is 8.35. The molecule has 3 aromatic carbocycles. The van der Waals surface area contributed by atoms with Crippen LogP contribution in [-0.2, 0) is 0 Å². The molecular formula is C24H21ClFN3O2S. The zero-order valence-electron chi connectivity index (χ0n) is 17.3. The van der Waals surface area contributed by atoms with Gasteiger partial charge in [0.15, 0.2) is 28.7 Å². The van der Waals surface area contributed by atoms with Crippen molar-refractivity contribution in [1.82, 2.24) is 14.8 Å². The number of para-hydroxylation sites is 2. The van der Waals surface area contributed by atoms with Gasteiger partial charge in [-0.15, -0.1) is 10.2 Å². The van der Waals surface area contributed by atoms with Crippen molar-refractivity contribution in [2.45, 2.75) is 18.2 Å². The van der Waals surface area contributed by atoms with E-state index in [-0.39, 0.29) is 5.75 Å². The van der Waals surface area contributed by atoms with Gasteiger partial charge in [0.1, 0.15) is 5.75 Å². The summed E-state index contributed by atoms with van der Waals surface area (Å²) in [4.78, 5) is 0. The molecule has 8 heteroatoms. The Balaban J connectivity index is 1.50. The van der Waals surface area contributed by atoms with Crippen molar-refractivity contribution in [1.29, 1.82) is 0 Å². The third kappa shape index (κ3) is 5.41. The number of hydrogen-bond acceptors (Lipinski definition) is 5. The van der Waals surface area contributed by atoms with Crippen LogP contribution in [0.5, 0.6) is 11.5 Å². The van der Waals surface area contributed by atoms with E-state index in [0.717, 1.165) is 11.4 Å². The van der Waals surface area contributed by atoms with Crippen LogP contribution in [0.1, 0.15) is 18.9 Å². The molecule has 0 fully saturated rings. The molecule has 4 rings (SSSR count). The summed E-state index contributed by atoms with van der Waals surface area (Å²) in [5.41, 5.74) is 0.901. The van der Waals surface area contributed by atoms with Crippen LogP contribution < -0.4 is 9.47 Å². The average Bonchev–Trinajstić information content (AvgIpc) is 3.24. The molecule has 0 radical (unpaired) electrons. The maximum absolute atomic E-state index is 14.1. The van der Waals surface area contributed by atoms with E-state index in [2.05, 4.69) is 10.2 Å². The Hall–Kier alpha value is -3.03. The van der Waals surface area contributed by atoms with Crippen LogP contribution in [0, 0.1) is 5.82 Å². The van der Waals surface area contributed by atoms with Crippen molar-refractivity contribution in [3.63, 3.8) is 0 Å². The van der Waals surface area contributed by atoms with Crippen LogP contribution in [0.2, 0.25) is 5.02 Å². The van der Waals surface area contributed by atoms with Gasteiger partial charge in [0.05, 0.1) is 6.61 Å². The Labute approximate surface area is 195 Å². The Morgan fingerprint density at radius 1 is 0.969 bits per heavy atom. The molecule has 0 saturated carbocycles. The molecule has 0 bridgehead atoms. The van der Waals surface area contributed by atoms with Crippen LogP contribution >= 0.6 is 23.4 Å². The van der Waals surface area contributed by atoms with Crippen molar-refractivity contribution in [3.05, 3.63) is 95.5 Å². The van der Waals surface area contributed by atoms with Gasteiger partial charge in [-0.05, 0) is 55.5 Å². The first-order valence-electron chi connectivity index (χ1n) is 10.0. The van der Waals surface area contributed by atoms with Crippen molar-refractivity contribution in [2.75, 3.05) is 12.4 Å². The van der Waals surface area contributed by atoms with Crippen molar-refractivity contribution in [3.8, 4) is 17.2 Å². The molecule has 0 N–H and O–H groups in total. The van der Waals surface area contributed by atoms with E-state index >= 15 is 0 Å². The first-order chi connectivity index (χ1) is 15.6. The van der Waals surface area contributed by atoms with E-state index in [4.69, 9.17) is 21.1 Å². The summed E-state index contributed by atoms with van der Waals surface area (Å²) in [5, 5.41) is 10.1. The molecule has 0 saturated heterocycles. The molecule has 4 aromatic rings. The van der Waals surface area contributed by atoms with Crippen LogP contribution in [0.15, 0.2) is 84.0 Å². The van der Waals surface area contributed by atoms with Gasteiger partial charge in [-0.25, -0.2) is 4.39 Å². The van der Waals surface area contributed by atoms with E-state index in [1.54, 1.807) is 30.3 Å². The molecule has 1 unspecified atom stereocenters. The molecule has 0 spiro atoms. The van der Waals surface area contributed by atoms with Crippen LogP contribution in [0.25, 0.3) is 5.69 Å². The van der Waals surface area contributed by atoms with Gasteiger partial charge in [0, 0.05) is 16.5 Å². The second-order valence-electron chi connectivity index (χ2n) is 6.85. The van der Waals surface area contributed by atoms with E-state index in [1.807, 2.05) is 54.0 Å². The summed E-state index contributed by atoms with van der Waals surface area (Å²) in [6.45, 7) is 2.32. The first kappa shape index (κ1) is 22.2. The lowest BCUT2D eigenvalue weighted by atomic mass is 10.3. The predicted octanol–water partition coefficient (Wildman–Crippen LogP) is 6.37. The number of thioether (sulfide) groups is 1. The fourth-order valence-electron chi connectivity index (χ4n) is 3.06. The molecule has 1 heterocycles. The van der Waals surface area contributed by atoms with E-state index in [9.17, 15) is 4.39 Å². The Kier molecular flexibility index (Phi) is 7.29. The van der Waals surface area contributed by atoms with Gasteiger partial charge in [-0.3, -0.25) is 4.57 Å². The lowest BCUT2D eigenvalue weighted by Gasteiger charge is -2.17. The summed E-state index contributed by atoms with van der Waals surface area (Å²) in [5.74, 6) is 1.76. The molecular weight excluding hydrogens is 449 g/mol.